The van der Waals surface area contributed by atoms with Gasteiger partial charge in [-0.15, -0.1) is 0 Å². The zero-order chi connectivity index (χ0) is 24.8. The first-order valence-electron chi connectivity index (χ1n) is 11.4. The number of ether oxygens (including phenoxy) is 2. The average Bonchev–Trinajstić information content (AvgIpc) is 2.88. The van der Waals surface area contributed by atoms with Crippen LogP contribution in [0.3, 0.4) is 0 Å². The lowest BCUT2D eigenvalue weighted by atomic mass is 10.1. The van der Waals surface area contributed by atoms with Gasteiger partial charge >= 0.3 is 0 Å². The van der Waals surface area contributed by atoms with Crippen LogP contribution in [0, 0.1) is 0 Å². The summed E-state index contributed by atoms with van der Waals surface area (Å²) in [4.78, 5) is 17.1. The summed E-state index contributed by atoms with van der Waals surface area (Å²) in [5.41, 5.74) is 2.61. The molecule has 1 fully saturated rings. The molecule has 3 aromatic rings. The van der Waals surface area contributed by atoms with Crippen LogP contribution in [0.1, 0.15) is 27.6 Å². The van der Waals surface area contributed by atoms with Crippen LogP contribution in [0.2, 0.25) is 15.1 Å². The Bertz CT molecular complexity index is 1170. The van der Waals surface area contributed by atoms with E-state index >= 15 is 0 Å². The van der Waals surface area contributed by atoms with Gasteiger partial charge < -0.3 is 14.4 Å². The molecule has 5 nitrogen and oxygen atoms in total. The number of rotatable bonds is 8. The molecule has 0 aliphatic carbocycles. The molecule has 3 aromatic carbocycles. The average molecular weight is 534 g/mol. The first kappa shape index (κ1) is 25.8. The summed E-state index contributed by atoms with van der Waals surface area (Å²) < 4.78 is 11.8. The quantitative estimate of drug-likeness (QED) is 0.337. The van der Waals surface area contributed by atoms with Gasteiger partial charge in [-0.1, -0.05) is 59.1 Å². The van der Waals surface area contributed by atoms with E-state index in [1.54, 1.807) is 25.3 Å². The van der Waals surface area contributed by atoms with Gasteiger partial charge in [-0.2, -0.15) is 0 Å². The van der Waals surface area contributed by atoms with Gasteiger partial charge in [0, 0.05) is 43.3 Å². The molecule has 1 atom stereocenters. The molecule has 1 aliphatic heterocycles. The third-order valence-corrected chi connectivity index (χ3v) is 7.03. The Balaban J connectivity index is 1.41. The summed E-state index contributed by atoms with van der Waals surface area (Å²) in [5, 5.41) is 1.51. The van der Waals surface area contributed by atoms with Crippen LogP contribution >= 0.6 is 34.8 Å². The van der Waals surface area contributed by atoms with E-state index in [4.69, 9.17) is 44.3 Å². The number of halogens is 3. The normalized spacial score (nSPS) is 15.1. The van der Waals surface area contributed by atoms with Gasteiger partial charge in [0.05, 0.1) is 29.9 Å². The van der Waals surface area contributed by atoms with Crippen molar-refractivity contribution in [3.05, 3.63) is 98.5 Å². The minimum atomic E-state index is -0.165. The van der Waals surface area contributed by atoms with E-state index in [-0.39, 0.29) is 12.0 Å². The highest BCUT2D eigenvalue weighted by Crippen LogP contribution is 2.26. The largest absolute Gasteiger partial charge is 0.497 e. The summed E-state index contributed by atoms with van der Waals surface area (Å²) in [6.07, 6.45) is -0.165. The molecular formula is C27H27Cl3N2O3. The fourth-order valence-corrected chi connectivity index (χ4v) is 4.61. The van der Waals surface area contributed by atoms with E-state index < -0.39 is 0 Å². The van der Waals surface area contributed by atoms with Gasteiger partial charge in [-0.3, -0.25) is 9.69 Å². The number of benzene rings is 3. The third-order valence-electron chi connectivity index (χ3n) is 6.06. The molecule has 0 N–H and O–H groups in total. The standard InChI is InChI=1S/C27H27Cl3N2O3/c1-34-23-7-3-5-20(15-23)26(35-18-19-4-2-6-22(28)14-19)17-31-10-12-32(13-11-31)27(33)21-8-9-24(29)25(30)16-21/h2-9,14-16,26H,10-13,17-18H2,1H3. The second-order valence-electron chi connectivity index (χ2n) is 8.43. The van der Waals surface area contributed by atoms with Crippen molar-refractivity contribution >= 4 is 40.7 Å². The van der Waals surface area contributed by atoms with Crippen LogP contribution in [0.4, 0.5) is 0 Å². The molecule has 1 saturated heterocycles. The van der Waals surface area contributed by atoms with Gasteiger partial charge in [-0.05, 0) is 53.6 Å². The molecule has 184 valence electrons. The van der Waals surface area contributed by atoms with E-state index in [1.165, 1.54) is 0 Å². The molecule has 0 radical (unpaired) electrons. The fraction of sp³-hybridized carbons (Fsp3) is 0.296. The highest BCUT2D eigenvalue weighted by Gasteiger charge is 2.25. The van der Waals surface area contributed by atoms with E-state index in [9.17, 15) is 4.79 Å². The van der Waals surface area contributed by atoms with Crippen molar-refractivity contribution < 1.29 is 14.3 Å². The molecule has 35 heavy (non-hydrogen) atoms. The van der Waals surface area contributed by atoms with Crippen molar-refractivity contribution in [2.45, 2.75) is 12.7 Å². The lowest BCUT2D eigenvalue weighted by Gasteiger charge is -2.36. The van der Waals surface area contributed by atoms with Crippen LogP contribution in [0.15, 0.2) is 66.7 Å². The number of amides is 1. The van der Waals surface area contributed by atoms with Crippen molar-refractivity contribution in [1.29, 1.82) is 0 Å². The zero-order valence-corrected chi connectivity index (χ0v) is 21.7. The van der Waals surface area contributed by atoms with Gasteiger partial charge in [0.25, 0.3) is 5.91 Å². The molecule has 0 saturated carbocycles. The Morgan fingerprint density at radius 3 is 2.40 bits per heavy atom. The predicted molar refractivity (Wildman–Crippen MR) is 141 cm³/mol. The van der Waals surface area contributed by atoms with Crippen LogP contribution in [-0.4, -0.2) is 55.5 Å². The van der Waals surface area contributed by atoms with Crippen LogP contribution in [-0.2, 0) is 11.3 Å². The van der Waals surface area contributed by atoms with Crippen molar-refractivity contribution in [3.63, 3.8) is 0 Å². The summed E-state index contributed by atoms with van der Waals surface area (Å²) in [6.45, 7) is 3.87. The van der Waals surface area contributed by atoms with E-state index in [1.807, 2.05) is 47.4 Å². The number of piperazine rings is 1. The Labute approximate surface area is 221 Å². The summed E-state index contributed by atoms with van der Waals surface area (Å²) in [6, 6.07) is 20.6. The van der Waals surface area contributed by atoms with Gasteiger partial charge in [0.2, 0.25) is 0 Å². The Morgan fingerprint density at radius 2 is 1.69 bits per heavy atom. The number of carbonyl (C=O) groups is 1. The maximum atomic E-state index is 12.9. The van der Waals surface area contributed by atoms with E-state index in [2.05, 4.69) is 11.0 Å². The Hall–Kier alpha value is -2.28. The van der Waals surface area contributed by atoms with Crippen molar-refractivity contribution in [2.75, 3.05) is 39.8 Å². The lowest BCUT2D eigenvalue weighted by molar-refractivity contribution is 0.00333. The molecule has 1 aliphatic rings. The molecule has 0 bridgehead atoms. The number of methoxy groups -OCH3 is 1. The SMILES string of the molecule is COc1cccc(C(CN2CCN(C(=O)c3ccc(Cl)c(Cl)c3)CC2)OCc2cccc(Cl)c2)c1. The third kappa shape index (κ3) is 6.90. The lowest BCUT2D eigenvalue weighted by Crippen LogP contribution is -2.49. The van der Waals surface area contributed by atoms with Gasteiger partial charge in [-0.25, -0.2) is 0 Å². The molecule has 0 spiro atoms. The van der Waals surface area contributed by atoms with Crippen molar-refractivity contribution in [3.8, 4) is 5.75 Å². The van der Waals surface area contributed by atoms with Gasteiger partial charge in [0.15, 0.2) is 0 Å². The summed E-state index contributed by atoms with van der Waals surface area (Å²) >= 11 is 18.2. The van der Waals surface area contributed by atoms with Crippen LogP contribution < -0.4 is 4.74 Å². The molecule has 1 heterocycles. The highest BCUT2D eigenvalue weighted by atomic mass is 35.5. The second-order valence-corrected chi connectivity index (χ2v) is 9.68. The number of hydrogen-bond acceptors (Lipinski definition) is 4. The van der Waals surface area contributed by atoms with Gasteiger partial charge in [0.1, 0.15) is 5.75 Å². The summed E-state index contributed by atoms with van der Waals surface area (Å²) in [5.74, 6) is 0.751. The van der Waals surface area contributed by atoms with E-state index in [0.717, 1.165) is 30.0 Å². The monoisotopic (exact) mass is 532 g/mol. The number of hydrogen-bond donors (Lipinski definition) is 0. The molecule has 8 heteroatoms. The molecule has 0 aromatic heterocycles. The predicted octanol–water partition coefficient (Wildman–Crippen LogP) is 6.37. The topological polar surface area (TPSA) is 42.0 Å². The maximum Gasteiger partial charge on any atom is 0.253 e. The summed E-state index contributed by atoms with van der Waals surface area (Å²) in [7, 11) is 1.66. The molecule has 1 unspecified atom stereocenters. The second kappa shape index (κ2) is 12.1. The smallest absolute Gasteiger partial charge is 0.253 e. The Kier molecular flexibility index (Phi) is 8.93. The van der Waals surface area contributed by atoms with Crippen molar-refractivity contribution in [1.82, 2.24) is 9.80 Å². The van der Waals surface area contributed by atoms with Crippen molar-refractivity contribution in [2.24, 2.45) is 0 Å². The highest BCUT2D eigenvalue weighted by molar-refractivity contribution is 6.42. The first-order chi connectivity index (χ1) is 16.9. The zero-order valence-electron chi connectivity index (χ0n) is 19.4. The molecule has 4 rings (SSSR count). The molecular weight excluding hydrogens is 507 g/mol. The Morgan fingerprint density at radius 1 is 0.914 bits per heavy atom. The molecule has 1 amide bonds. The van der Waals surface area contributed by atoms with E-state index in [0.29, 0.717) is 46.9 Å². The number of carbonyl (C=O) groups excluding carboxylic acids is 1. The minimum absolute atomic E-state index is 0.0373. The van der Waals surface area contributed by atoms with Crippen LogP contribution in [0.25, 0.3) is 0 Å². The number of nitrogens with zero attached hydrogens (tertiary/aromatic N) is 2. The fourth-order valence-electron chi connectivity index (χ4n) is 4.10. The maximum absolute atomic E-state index is 12.9. The van der Waals surface area contributed by atoms with Crippen LogP contribution in [0.5, 0.6) is 5.75 Å². The minimum Gasteiger partial charge on any atom is -0.497 e. The first-order valence-corrected chi connectivity index (χ1v) is 12.5.